The van der Waals surface area contributed by atoms with Crippen molar-refractivity contribution in [3.8, 4) is 0 Å². The average Bonchev–Trinajstić information content (AvgIpc) is 2.10. The molecule has 1 aromatic heterocycles. The van der Waals surface area contributed by atoms with Gasteiger partial charge in [0.25, 0.3) is 5.56 Å². The quantitative estimate of drug-likeness (QED) is 0.828. The van der Waals surface area contributed by atoms with Gasteiger partial charge in [0.05, 0.1) is 5.69 Å². The lowest BCUT2D eigenvalue weighted by Crippen LogP contribution is -2.27. The van der Waals surface area contributed by atoms with Crippen LogP contribution < -0.4 is 11.3 Å². The Hall–Kier alpha value is -1.25. The highest BCUT2D eigenvalue weighted by Gasteiger charge is 2.10. The van der Waals surface area contributed by atoms with Gasteiger partial charge in [-0.3, -0.25) is 4.79 Å². The van der Waals surface area contributed by atoms with Crippen LogP contribution in [-0.2, 0) is 6.42 Å². The summed E-state index contributed by atoms with van der Waals surface area (Å²) in [6.07, 6.45) is 0.910. The third-order valence-corrected chi connectivity index (χ3v) is 2.36. The highest BCUT2D eigenvalue weighted by molar-refractivity contribution is 5.36. The summed E-state index contributed by atoms with van der Waals surface area (Å²) in [6.45, 7) is 8.30. The first-order valence-corrected chi connectivity index (χ1v) is 5.43. The van der Waals surface area contributed by atoms with Crippen molar-refractivity contribution in [1.82, 2.24) is 4.57 Å². The van der Waals surface area contributed by atoms with Crippen LogP contribution in [0.4, 0.5) is 5.69 Å². The zero-order chi connectivity index (χ0) is 11.6. The van der Waals surface area contributed by atoms with E-state index in [1.54, 1.807) is 10.6 Å². The molecule has 1 aromatic rings. The number of rotatable bonds is 3. The van der Waals surface area contributed by atoms with Crippen LogP contribution in [0.1, 0.15) is 39.4 Å². The van der Waals surface area contributed by atoms with E-state index >= 15 is 0 Å². The molecule has 0 fully saturated rings. The van der Waals surface area contributed by atoms with Crippen molar-refractivity contribution < 1.29 is 0 Å². The molecule has 0 spiro atoms. The molecule has 1 heterocycles. The molecule has 0 radical (unpaired) electrons. The summed E-state index contributed by atoms with van der Waals surface area (Å²) >= 11 is 0. The Morgan fingerprint density at radius 1 is 1.27 bits per heavy atom. The van der Waals surface area contributed by atoms with Gasteiger partial charge < -0.3 is 10.3 Å². The number of pyridine rings is 1. The molecule has 2 N–H and O–H groups in total. The van der Waals surface area contributed by atoms with E-state index in [4.69, 9.17) is 5.73 Å². The molecular weight excluding hydrogens is 188 g/mol. The van der Waals surface area contributed by atoms with Crippen molar-refractivity contribution >= 4 is 5.69 Å². The topological polar surface area (TPSA) is 48.0 Å². The van der Waals surface area contributed by atoms with Gasteiger partial charge in [-0.1, -0.05) is 13.8 Å². The maximum absolute atomic E-state index is 11.9. The van der Waals surface area contributed by atoms with E-state index in [1.807, 2.05) is 19.9 Å². The Morgan fingerprint density at radius 2 is 1.87 bits per heavy atom. The van der Waals surface area contributed by atoms with E-state index in [0.29, 0.717) is 11.6 Å². The third-order valence-electron chi connectivity index (χ3n) is 2.36. The van der Waals surface area contributed by atoms with Gasteiger partial charge in [0, 0.05) is 11.7 Å². The minimum Gasteiger partial charge on any atom is -0.394 e. The van der Waals surface area contributed by atoms with Crippen LogP contribution in [0.25, 0.3) is 0 Å². The number of hydrogen-bond acceptors (Lipinski definition) is 2. The monoisotopic (exact) mass is 208 g/mol. The lowest BCUT2D eigenvalue weighted by Gasteiger charge is -2.18. The van der Waals surface area contributed by atoms with Crippen molar-refractivity contribution in [3.05, 3.63) is 28.2 Å². The molecule has 15 heavy (non-hydrogen) atoms. The zero-order valence-corrected chi connectivity index (χ0v) is 9.95. The van der Waals surface area contributed by atoms with Crippen LogP contribution in [0.15, 0.2) is 16.9 Å². The molecule has 3 heteroatoms. The minimum absolute atomic E-state index is 0.0665. The van der Waals surface area contributed by atoms with Crippen molar-refractivity contribution in [3.63, 3.8) is 0 Å². The SMILES string of the molecule is CC(C)Cc1ccc(N)c(=O)n1C(C)C. The molecule has 0 saturated carbocycles. The van der Waals surface area contributed by atoms with Crippen LogP contribution in [0.5, 0.6) is 0 Å². The summed E-state index contributed by atoms with van der Waals surface area (Å²) in [5.74, 6) is 0.540. The minimum atomic E-state index is -0.0665. The van der Waals surface area contributed by atoms with Crippen LogP contribution >= 0.6 is 0 Å². The maximum atomic E-state index is 11.9. The van der Waals surface area contributed by atoms with E-state index < -0.39 is 0 Å². The number of anilines is 1. The first-order valence-electron chi connectivity index (χ1n) is 5.43. The van der Waals surface area contributed by atoms with Gasteiger partial charge in [-0.2, -0.15) is 0 Å². The first-order chi connectivity index (χ1) is 6.93. The third kappa shape index (κ3) is 2.61. The van der Waals surface area contributed by atoms with E-state index in [2.05, 4.69) is 13.8 Å². The van der Waals surface area contributed by atoms with Gasteiger partial charge in [-0.25, -0.2) is 0 Å². The Bertz CT molecular complexity index is 391. The fraction of sp³-hybridized carbons (Fsp3) is 0.583. The van der Waals surface area contributed by atoms with E-state index in [1.165, 1.54) is 0 Å². The van der Waals surface area contributed by atoms with Crippen molar-refractivity contribution in [2.75, 3.05) is 5.73 Å². The summed E-state index contributed by atoms with van der Waals surface area (Å²) in [7, 11) is 0. The molecule has 0 unspecified atom stereocenters. The summed E-state index contributed by atoms with van der Waals surface area (Å²) in [5.41, 5.74) is 6.96. The summed E-state index contributed by atoms with van der Waals surface area (Å²) in [4.78, 5) is 11.9. The van der Waals surface area contributed by atoms with E-state index in [-0.39, 0.29) is 11.6 Å². The summed E-state index contributed by atoms with van der Waals surface area (Å²) < 4.78 is 1.79. The number of nitrogens with two attached hydrogens (primary N) is 1. The van der Waals surface area contributed by atoms with Crippen LogP contribution in [0.3, 0.4) is 0 Å². The molecule has 1 rings (SSSR count). The van der Waals surface area contributed by atoms with Crippen molar-refractivity contribution in [2.24, 2.45) is 5.92 Å². The summed E-state index contributed by atoms with van der Waals surface area (Å²) in [6, 6.07) is 3.82. The largest absolute Gasteiger partial charge is 0.394 e. The lowest BCUT2D eigenvalue weighted by molar-refractivity contribution is 0.520. The predicted molar refractivity (Wildman–Crippen MR) is 64.0 cm³/mol. The molecule has 0 aliphatic rings. The molecule has 0 bridgehead atoms. The van der Waals surface area contributed by atoms with Crippen LogP contribution in [0.2, 0.25) is 0 Å². The Kier molecular flexibility index (Phi) is 3.56. The highest BCUT2D eigenvalue weighted by Crippen LogP contribution is 2.12. The van der Waals surface area contributed by atoms with Gasteiger partial charge in [0.1, 0.15) is 0 Å². The molecule has 84 valence electrons. The number of nitrogen functional groups attached to an aromatic ring is 1. The van der Waals surface area contributed by atoms with Crippen LogP contribution in [-0.4, -0.2) is 4.57 Å². The smallest absolute Gasteiger partial charge is 0.274 e. The van der Waals surface area contributed by atoms with Crippen molar-refractivity contribution in [2.45, 2.75) is 40.2 Å². The zero-order valence-electron chi connectivity index (χ0n) is 9.95. The van der Waals surface area contributed by atoms with E-state index in [0.717, 1.165) is 12.1 Å². The molecule has 0 aromatic carbocycles. The Balaban J connectivity index is 3.27. The second-order valence-corrected chi connectivity index (χ2v) is 4.65. The van der Waals surface area contributed by atoms with E-state index in [9.17, 15) is 4.79 Å². The first kappa shape index (κ1) is 11.8. The Morgan fingerprint density at radius 3 is 2.33 bits per heavy atom. The van der Waals surface area contributed by atoms with Gasteiger partial charge >= 0.3 is 0 Å². The molecule has 0 amide bonds. The predicted octanol–water partition coefficient (Wildman–Crippen LogP) is 2.21. The number of nitrogens with zero attached hydrogens (tertiary/aromatic N) is 1. The standard InChI is InChI=1S/C12H20N2O/c1-8(2)7-10-5-6-11(13)12(15)14(10)9(3)4/h5-6,8-9H,7,13H2,1-4H3. The molecule has 3 nitrogen and oxygen atoms in total. The highest BCUT2D eigenvalue weighted by atomic mass is 16.1. The average molecular weight is 208 g/mol. The van der Waals surface area contributed by atoms with Crippen LogP contribution in [0, 0.1) is 5.92 Å². The number of aromatic nitrogens is 1. The molecule has 0 aliphatic carbocycles. The van der Waals surface area contributed by atoms with Gasteiger partial charge in [-0.05, 0) is 38.3 Å². The van der Waals surface area contributed by atoms with Gasteiger partial charge in [0.2, 0.25) is 0 Å². The molecule has 0 atom stereocenters. The fourth-order valence-electron chi connectivity index (χ4n) is 1.76. The molecule has 0 aliphatic heterocycles. The fourth-order valence-corrected chi connectivity index (χ4v) is 1.76. The Labute approximate surface area is 90.9 Å². The molecular formula is C12H20N2O. The molecule has 0 saturated heterocycles. The second-order valence-electron chi connectivity index (χ2n) is 4.65. The number of hydrogen-bond donors (Lipinski definition) is 1. The van der Waals surface area contributed by atoms with Gasteiger partial charge in [0.15, 0.2) is 0 Å². The second kappa shape index (κ2) is 4.51. The normalized spacial score (nSPS) is 11.3. The summed E-state index contributed by atoms with van der Waals surface area (Å²) in [5, 5.41) is 0. The van der Waals surface area contributed by atoms with Gasteiger partial charge in [-0.15, -0.1) is 0 Å². The van der Waals surface area contributed by atoms with Crippen molar-refractivity contribution in [1.29, 1.82) is 0 Å². The maximum Gasteiger partial charge on any atom is 0.274 e. The lowest BCUT2D eigenvalue weighted by atomic mass is 10.1.